The SMILES string of the molecule is N#Cc1ncn(CC(O)c2cccc(Cl)c2)c1C#N. The van der Waals surface area contributed by atoms with Gasteiger partial charge in [-0.15, -0.1) is 0 Å². The first-order valence-electron chi connectivity index (χ1n) is 5.44. The number of nitrogens with zero attached hydrogens (tertiary/aromatic N) is 4. The van der Waals surface area contributed by atoms with Crippen LogP contribution in [-0.4, -0.2) is 14.7 Å². The predicted octanol–water partition coefficient (Wildman–Crippen LogP) is 2.01. The zero-order chi connectivity index (χ0) is 13.8. The van der Waals surface area contributed by atoms with Gasteiger partial charge in [0, 0.05) is 5.02 Å². The van der Waals surface area contributed by atoms with E-state index in [1.807, 2.05) is 12.1 Å². The molecule has 2 aromatic rings. The van der Waals surface area contributed by atoms with Gasteiger partial charge >= 0.3 is 0 Å². The highest BCUT2D eigenvalue weighted by molar-refractivity contribution is 6.30. The summed E-state index contributed by atoms with van der Waals surface area (Å²) in [5.74, 6) is 0. The lowest BCUT2D eigenvalue weighted by atomic mass is 10.1. The lowest BCUT2D eigenvalue weighted by Crippen LogP contribution is -2.09. The summed E-state index contributed by atoms with van der Waals surface area (Å²) in [6.07, 6.45) is 0.539. The number of imidazole rings is 1. The molecule has 1 aromatic heterocycles. The Labute approximate surface area is 114 Å². The standard InChI is InChI=1S/C13H9ClN4O/c14-10-3-1-2-9(4-10)13(19)7-18-8-17-11(5-15)12(18)6-16/h1-4,8,13,19H,7H2. The number of hydrogen-bond acceptors (Lipinski definition) is 4. The summed E-state index contributed by atoms with van der Waals surface area (Å²) >= 11 is 5.85. The van der Waals surface area contributed by atoms with Crippen LogP contribution in [0.5, 0.6) is 0 Å². The van der Waals surface area contributed by atoms with E-state index in [0.29, 0.717) is 10.6 Å². The number of aliphatic hydroxyl groups excluding tert-OH is 1. The average molecular weight is 273 g/mol. The third kappa shape index (κ3) is 2.74. The van der Waals surface area contributed by atoms with Gasteiger partial charge in [0.25, 0.3) is 0 Å². The molecular formula is C13H9ClN4O. The maximum atomic E-state index is 10.1. The molecule has 1 unspecified atom stereocenters. The van der Waals surface area contributed by atoms with Gasteiger partial charge in [0.15, 0.2) is 11.4 Å². The molecule has 94 valence electrons. The smallest absolute Gasteiger partial charge is 0.176 e. The molecule has 1 heterocycles. The Morgan fingerprint density at radius 2 is 2.16 bits per heavy atom. The van der Waals surface area contributed by atoms with E-state index < -0.39 is 6.10 Å². The second kappa shape index (κ2) is 5.53. The third-order valence-corrected chi connectivity index (χ3v) is 2.89. The Morgan fingerprint density at radius 3 is 2.79 bits per heavy atom. The Balaban J connectivity index is 2.25. The van der Waals surface area contributed by atoms with Crippen LogP contribution in [0.2, 0.25) is 5.02 Å². The van der Waals surface area contributed by atoms with Gasteiger partial charge in [-0.05, 0) is 17.7 Å². The van der Waals surface area contributed by atoms with Gasteiger partial charge in [0.05, 0.1) is 19.0 Å². The van der Waals surface area contributed by atoms with E-state index in [4.69, 9.17) is 22.1 Å². The van der Waals surface area contributed by atoms with Crippen LogP contribution in [0.3, 0.4) is 0 Å². The maximum Gasteiger partial charge on any atom is 0.176 e. The molecule has 1 aromatic carbocycles. The van der Waals surface area contributed by atoms with Gasteiger partial charge < -0.3 is 9.67 Å². The zero-order valence-electron chi connectivity index (χ0n) is 9.79. The normalized spacial score (nSPS) is 11.6. The first-order valence-corrected chi connectivity index (χ1v) is 5.82. The predicted molar refractivity (Wildman–Crippen MR) is 68.1 cm³/mol. The molecular weight excluding hydrogens is 264 g/mol. The first-order chi connectivity index (χ1) is 9.15. The van der Waals surface area contributed by atoms with Gasteiger partial charge in [-0.1, -0.05) is 23.7 Å². The number of hydrogen-bond donors (Lipinski definition) is 1. The van der Waals surface area contributed by atoms with Crippen LogP contribution in [0.4, 0.5) is 0 Å². The van der Waals surface area contributed by atoms with Crippen LogP contribution < -0.4 is 0 Å². The largest absolute Gasteiger partial charge is 0.387 e. The molecule has 2 rings (SSSR count). The molecule has 6 heteroatoms. The molecule has 0 aliphatic carbocycles. The van der Waals surface area contributed by atoms with Crippen molar-refractivity contribution in [3.63, 3.8) is 0 Å². The Kier molecular flexibility index (Phi) is 3.82. The summed E-state index contributed by atoms with van der Waals surface area (Å²) < 4.78 is 1.45. The van der Waals surface area contributed by atoms with Crippen molar-refractivity contribution < 1.29 is 5.11 Å². The van der Waals surface area contributed by atoms with Crippen LogP contribution in [0.1, 0.15) is 23.1 Å². The Hall–Kier alpha value is -2.34. The number of aromatic nitrogens is 2. The van der Waals surface area contributed by atoms with E-state index in [9.17, 15) is 5.11 Å². The second-order valence-corrected chi connectivity index (χ2v) is 4.32. The highest BCUT2D eigenvalue weighted by Crippen LogP contribution is 2.20. The fourth-order valence-corrected chi connectivity index (χ4v) is 1.92. The highest BCUT2D eigenvalue weighted by Gasteiger charge is 2.14. The molecule has 0 radical (unpaired) electrons. The molecule has 1 N–H and O–H groups in total. The molecule has 5 nitrogen and oxygen atoms in total. The summed E-state index contributed by atoms with van der Waals surface area (Å²) in [7, 11) is 0. The molecule has 0 spiro atoms. The fraction of sp³-hybridized carbons (Fsp3) is 0.154. The Morgan fingerprint density at radius 1 is 1.37 bits per heavy atom. The highest BCUT2D eigenvalue weighted by atomic mass is 35.5. The molecule has 0 fully saturated rings. The Bertz CT molecular complexity index is 681. The van der Waals surface area contributed by atoms with Crippen molar-refractivity contribution in [1.29, 1.82) is 10.5 Å². The van der Waals surface area contributed by atoms with Crippen molar-refractivity contribution in [2.24, 2.45) is 0 Å². The molecule has 0 bridgehead atoms. The minimum absolute atomic E-state index is 0.0563. The van der Waals surface area contributed by atoms with E-state index in [1.54, 1.807) is 24.3 Å². The van der Waals surface area contributed by atoms with Crippen molar-refractivity contribution in [3.8, 4) is 12.1 Å². The van der Waals surface area contributed by atoms with Gasteiger partial charge in [-0.3, -0.25) is 0 Å². The minimum atomic E-state index is -0.827. The quantitative estimate of drug-likeness (QED) is 0.926. The first kappa shape index (κ1) is 13.1. The van der Waals surface area contributed by atoms with Gasteiger partial charge in [0.2, 0.25) is 0 Å². The van der Waals surface area contributed by atoms with Crippen LogP contribution in [-0.2, 0) is 6.54 Å². The number of halogens is 1. The number of aliphatic hydroxyl groups is 1. The van der Waals surface area contributed by atoms with E-state index in [1.165, 1.54) is 10.9 Å². The topological polar surface area (TPSA) is 85.6 Å². The van der Waals surface area contributed by atoms with Crippen molar-refractivity contribution in [3.05, 3.63) is 52.6 Å². The van der Waals surface area contributed by atoms with E-state index >= 15 is 0 Å². The van der Waals surface area contributed by atoms with Crippen molar-refractivity contribution in [1.82, 2.24) is 9.55 Å². The van der Waals surface area contributed by atoms with Crippen LogP contribution in [0.25, 0.3) is 0 Å². The summed E-state index contributed by atoms with van der Waals surface area (Å²) in [5, 5.41) is 28.4. The molecule has 1 atom stereocenters. The third-order valence-electron chi connectivity index (χ3n) is 2.65. The lowest BCUT2D eigenvalue weighted by molar-refractivity contribution is 0.156. The van der Waals surface area contributed by atoms with Gasteiger partial charge in [-0.25, -0.2) is 4.98 Å². The summed E-state index contributed by atoms with van der Waals surface area (Å²) in [5.41, 5.74) is 0.841. The average Bonchev–Trinajstić information content (AvgIpc) is 2.80. The molecule has 0 aliphatic rings. The lowest BCUT2D eigenvalue weighted by Gasteiger charge is -2.12. The maximum absolute atomic E-state index is 10.1. The number of rotatable bonds is 3. The number of nitriles is 2. The van der Waals surface area contributed by atoms with Crippen molar-refractivity contribution in [2.75, 3.05) is 0 Å². The summed E-state index contributed by atoms with van der Waals surface area (Å²) in [6, 6.07) is 10.6. The van der Waals surface area contributed by atoms with Gasteiger partial charge in [0.1, 0.15) is 12.1 Å². The van der Waals surface area contributed by atoms with E-state index in [2.05, 4.69) is 4.98 Å². The van der Waals surface area contributed by atoms with Crippen LogP contribution in [0.15, 0.2) is 30.6 Å². The zero-order valence-corrected chi connectivity index (χ0v) is 10.5. The molecule has 0 amide bonds. The second-order valence-electron chi connectivity index (χ2n) is 3.89. The molecule has 0 saturated heterocycles. The fourth-order valence-electron chi connectivity index (χ4n) is 1.73. The van der Waals surface area contributed by atoms with Crippen molar-refractivity contribution >= 4 is 11.6 Å². The molecule has 0 saturated carbocycles. The van der Waals surface area contributed by atoms with Gasteiger partial charge in [-0.2, -0.15) is 10.5 Å². The minimum Gasteiger partial charge on any atom is -0.387 e. The monoisotopic (exact) mass is 272 g/mol. The van der Waals surface area contributed by atoms with Crippen molar-refractivity contribution in [2.45, 2.75) is 12.6 Å². The summed E-state index contributed by atoms with van der Waals surface area (Å²) in [4.78, 5) is 3.81. The molecule has 0 aliphatic heterocycles. The van der Waals surface area contributed by atoms with Crippen LogP contribution >= 0.6 is 11.6 Å². The number of benzene rings is 1. The molecule has 19 heavy (non-hydrogen) atoms. The van der Waals surface area contributed by atoms with E-state index in [-0.39, 0.29) is 17.9 Å². The van der Waals surface area contributed by atoms with E-state index in [0.717, 1.165) is 0 Å². The summed E-state index contributed by atoms with van der Waals surface area (Å²) in [6.45, 7) is 0.137. The van der Waals surface area contributed by atoms with Crippen LogP contribution in [0, 0.1) is 22.7 Å².